The second-order valence-corrected chi connectivity index (χ2v) is 6.68. The molecule has 0 spiro atoms. The van der Waals surface area contributed by atoms with Gasteiger partial charge in [-0.05, 0) is 35.9 Å². The summed E-state index contributed by atoms with van der Waals surface area (Å²) in [7, 11) is 2.02. The number of hydrogen-bond acceptors (Lipinski definition) is 4. The highest BCUT2D eigenvalue weighted by molar-refractivity contribution is 8.02. The zero-order valence-electron chi connectivity index (χ0n) is 15.2. The van der Waals surface area contributed by atoms with E-state index in [1.807, 2.05) is 80.9 Å². The van der Waals surface area contributed by atoms with Crippen LogP contribution in [0.2, 0.25) is 0 Å². The molecule has 26 heavy (non-hydrogen) atoms. The second kappa shape index (κ2) is 9.51. The number of nitrogens with zero attached hydrogens (tertiary/aromatic N) is 3. The van der Waals surface area contributed by atoms with Gasteiger partial charge in [0, 0.05) is 19.2 Å². The van der Waals surface area contributed by atoms with Crippen LogP contribution in [0.4, 0.5) is 0 Å². The summed E-state index contributed by atoms with van der Waals surface area (Å²) in [6.45, 7) is 2.74. The first-order chi connectivity index (χ1) is 12.6. The van der Waals surface area contributed by atoms with Crippen LogP contribution in [-0.4, -0.2) is 18.2 Å². The molecule has 0 saturated carbocycles. The van der Waals surface area contributed by atoms with Crippen LogP contribution in [0.5, 0.6) is 0 Å². The molecule has 130 valence electrons. The number of thioether (sulfide) groups is 1. The normalized spacial score (nSPS) is 10.6. The number of benzene rings is 2. The maximum absolute atomic E-state index is 9.43. The SMILES string of the molecule is CS/C(=C/C(=C(C#N)C#N)c1ccccc1C)N(C)Cc1ccccc1. The van der Waals surface area contributed by atoms with E-state index in [9.17, 15) is 10.5 Å². The van der Waals surface area contributed by atoms with E-state index in [1.54, 1.807) is 11.8 Å². The Balaban J connectivity index is 2.47. The summed E-state index contributed by atoms with van der Waals surface area (Å²) in [5, 5.41) is 19.9. The maximum Gasteiger partial charge on any atom is 0.137 e. The fourth-order valence-electron chi connectivity index (χ4n) is 2.69. The van der Waals surface area contributed by atoms with Crippen LogP contribution >= 0.6 is 11.8 Å². The average Bonchev–Trinajstić information content (AvgIpc) is 2.66. The van der Waals surface area contributed by atoms with Gasteiger partial charge in [-0.1, -0.05) is 54.6 Å². The largest absolute Gasteiger partial charge is 0.365 e. The van der Waals surface area contributed by atoms with Crippen molar-refractivity contribution in [2.24, 2.45) is 0 Å². The molecule has 2 rings (SSSR count). The van der Waals surface area contributed by atoms with Crippen LogP contribution in [0.1, 0.15) is 16.7 Å². The summed E-state index contributed by atoms with van der Waals surface area (Å²) >= 11 is 1.60. The summed E-state index contributed by atoms with van der Waals surface area (Å²) < 4.78 is 0. The minimum Gasteiger partial charge on any atom is -0.365 e. The van der Waals surface area contributed by atoms with E-state index in [1.165, 1.54) is 5.56 Å². The molecule has 0 atom stereocenters. The quantitative estimate of drug-likeness (QED) is 0.530. The Morgan fingerprint density at radius 3 is 2.23 bits per heavy atom. The zero-order valence-corrected chi connectivity index (χ0v) is 16.0. The molecule has 2 aromatic carbocycles. The molecule has 0 aliphatic carbocycles. The molecule has 3 nitrogen and oxygen atoms in total. The Hall–Kier alpha value is -2.95. The third-order valence-electron chi connectivity index (χ3n) is 4.04. The van der Waals surface area contributed by atoms with E-state index in [-0.39, 0.29) is 5.57 Å². The Bertz CT molecular complexity index is 883. The van der Waals surface area contributed by atoms with E-state index >= 15 is 0 Å². The Morgan fingerprint density at radius 1 is 1.04 bits per heavy atom. The Morgan fingerprint density at radius 2 is 1.65 bits per heavy atom. The van der Waals surface area contributed by atoms with E-state index in [0.29, 0.717) is 5.57 Å². The molecule has 0 N–H and O–H groups in total. The van der Waals surface area contributed by atoms with Gasteiger partial charge in [0.15, 0.2) is 0 Å². The lowest BCUT2D eigenvalue weighted by molar-refractivity contribution is 0.440. The monoisotopic (exact) mass is 359 g/mol. The molecule has 0 fully saturated rings. The Labute approximate surface area is 159 Å². The van der Waals surface area contributed by atoms with Crippen molar-refractivity contribution in [3.05, 3.63) is 88.0 Å². The maximum atomic E-state index is 9.43. The van der Waals surface area contributed by atoms with Gasteiger partial charge >= 0.3 is 0 Å². The summed E-state index contributed by atoms with van der Waals surface area (Å²) in [5.74, 6) is 0. The molecule has 0 radical (unpaired) electrons. The van der Waals surface area contributed by atoms with Crippen molar-refractivity contribution in [1.29, 1.82) is 10.5 Å². The van der Waals surface area contributed by atoms with Crippen molar-refractivity contribution in [3.8, 4) is 12.1 Å². The lowest BCUT2D eigenvalue weighted by Crippen LogP contribution is -2.15. The third kappa shape index (κ3) is 4.79. The first-order valence-corrected chi connectivity index (χ1v) is 9.44. The molecular formula is C22H21N3S. The predicted molar refractivity (Wildman–Crippen MR) is 109 cm³/mol. The lowest BCUT2D eigenvalue weighted by Gasteiger charge is -2.22. The first-order valence-electron chi connectivity index (χ1n) is 8.22. The van der Waals surface area contributed by atoms with Crippen LogP contribution in [-0.2, 0) is 6.54 Å². The van der Waals surface area contributed by atoms with Crippen molar-refractivity contribution in [2.45, 2.75) is 13.5 Å². The second-order valence-electron chi connectivity index (χ2n) is 5.86. The highest BCUT2D eigenvalue weighted by Crippen LogP contribution is 2.28. The fraction of sp³-hybridized carbons (Fsp3) is 0.182. The summed E-state index contributed by atoms with van der Waals surface area (Å²) in [6, 6.07) is 22.1. The molecule has 0 bridgehead atoms. The Kier molecular flexibility index (Phi) is 7.09. The van der Waals surface area contributed by atoms with Crippen molar-refractivity contribution in [2.75, 3.05) is 13.3 Å². The molecular weight excluding hydrogens is 338 g/mol. The van der Waals surface area contributed by atoms with Gasteiger partial charge in [-0.15, -0.1) is 11.8 Å². The van der Waals surface area contributed by atoms with E-state index in [0.717, 1.165) is 22.7 Å². The minimum absolute atomic E-state index is 0.124. The topological polar surface area (TPSA) is 50.8 Å². The van der Waals surface area contributed by atoms with Crippen molar-refractivity contribution in [3.63, 3.8) is 0 Å². The highest BCUT2D eigenvalue weighted by Gasteiger charge is 2.13. The molecule has 0 aromatic heterocycles. The summed E-state index contributed by atoms with van der Waals surface area (Å²) in [6.07, 6.45) is 3.94. The molecule has 0 heterocycles. The average molecular weight is 359 g/mol. The van der Waals surface area contributed by atoms with Crippen LogP contribution in [0.25, 0.3) is 5.57 Å². The standard InChI is InChI=1S/C22H21N3S/c1-17-9-7-8-12-20(17)21(19(14-23)15-24)13-22(26-3)25(2)16-18-10-5-4-6-11-18/h4-13H,16H2,1-3H3/b22-13+. The molecule has 0 amide bonds. The van der Waals surface area contributed by atoms with Gasteiger partial charge in [0.05, 0.1) is 5.03 Å². The van der Waals surface area contributed by atoms with Crippen molar-refractivity contribution >= 4 is 17.3 Å². The van der Waals surface area contributed by atoms with Gasteiger partial charge in [-0.25, -0.2) is 0 Å². The van der Waals surface area contributed by atoms with E-state index < -0.39 is 0 Å². The molecule has 0 aliphatic heterocycles. The number of nitriles is 2. The van der Waals surface area contributed by atoms with Gasteiger partial charge in [0.2, 0.25) is 0 Å². The number of allylic oxidation sites excluding steroid dienone is 3. The van der Waals surface area contributed by atoms with Gasteiger partial charge in [-0.2, -0.15) is 10.5 Å². The molecule has 0 aliphatic rings. The lowest BCUT2D eigenvalue weighted by atomic mass is 9.96. The molecule has 2 aromatic rings. The molecule has 0 saturated heterocycles. The molecule has 0 unspecified atom stereocenters. The molecule has 4 heteroatoms. The zero-order chi connectivity index (χ0) is 18.9. The van der Waals surface area contributed by atoms with Crippen LogP contribution in [0, 0.1) is 29.6 Å². The van der Waals surface area contributed by atoms with E-state index in [4.69, 9.17) is 0 Å². The first kappa shape index (κ1) is 19.4. The third-order valence-corrected chi connectivity index (χ3v) is 4.89. The van der Waals surface area contributed by atoms with Gasteiger partial charge in [0.1, 0.15) is 17.7 Å². The van der Waals surface area contributed by atoms with Gasteiger partial charge in [-0.3, -0.25) is 0 Å². The van der Waals surface area contributed by atoms with Gasteiger partial charge in [0.25, 0.3) is 0 Å². The van der Waals surface area contributed by atoms with Crippen molar-refractivity contribution in [1.82, 2.24) is 4.90 Å². The van der Waals surface area contributed by atoms with Crippen molar-refractivity contribution < 1.29 is 0 Å². The summed E-state index contributed by atoms with van der Waals surface area (Å²) in [4.78, 5) is 2.13. The minimum atomic E-state index is 0.124. The van der Waals surface area contributed by atoms with Crippen LogP contribution in [0.15, 0.2) is 71.3 Å². The number of rotatable bonds is 6. The number of hydrogen-bond donors (Lipinski definition) is 0. The van der Waals surface area contributed by atoms with E-state index in [2.05, 4.69) is 17.0 Å². The summed E-state index contributed by atoms with van der Waals surface area (Å²) in [5.41, 5.74) is 3.94. The number of aryl methyl sites for hydroxylation is 1. The fourth-order valence-corrected chi connectivity index (χ4v) is 3.30. The van der Waals surface area contributed by atoms with Gasteiger partial charge < -0.3 is 4.90 Å². The smallest absolute Gasteiger partial charge is 0.137 e. The van der Waals surface area contributed by atoms with Crippen LogP contribution < -0.4 is 0 Å². The van der Waals surface area contributed by atoms with Crippen LogP contribution in [0.3, 0.4) is 0 Å². The highest BCUT2D eigenvalue weighted by atomic mass is 32.2. The predicted octanol–water partition coefficient (Wildman–Crippen LogP) is 5.13.